The van der Waals surface area contributed by atoms with E-state index < -0.39 is 0 Å². The van der Waals surface area contributed by atoms with Gasteiger partial charge in [0.25, 0.3) is 0 Å². The van der Waals surface area contributed by atoms with Gasteiger partial charge in [0.1, 0.15) is 11.4 Å². The van der Waals surface area contributed by atoms with Crippen molar-refractivity contribution in [2.75, 3.05) is 0 Å². The van der Waals surface area contributed by atoms with Crippen LogP contribution in [0.3, 0.4) is 0 Å². The van der Waals surface area contributed by atoms with Gasteiger partial charge in [0, 0.05) is 37.6 Å². The van der Waals surface area contributed by atoms with Gasteiger partial charge >= 0.3 is 20.4 Å². The monoisotopic (exact) mass is 1070 g/mol. The first-order chi connectivity index (χ1) is 21.1. The van der Waals surface area contributed by atoms with E-state index in [1.807, 2.05) is 72.8 Å². The summed E-state index contributed by atoms with van der Waals surface area (Å²) < 4.78 is 4.96. The molecule has 0 saturated heterocycles. The zero-order valence-corrected chi connectivity index (χ0v) is 33.5. The van der Waals surface area contributed by atoms with Crippen LogP contribution < -0.4 is 10.2 Å². The summed E-state index contributed by atoms with van der Waals surface area (Å²) in [6, 6.07) is 29.4. The summed E-state index contributed by atoms with van der Waals surface area (Å²) in [5.41, 5.74) is 1.96. The summed E-state index contributed by atoms with van der Waals surface area (Å²) in [5.74, 6) is -0.293. The third kappa shape index (κ3) is 8.76. The van der Waals surface area contributed by atoms with E-state index in [4.69, 9.17) is 0 Å². The predicted molar refractivity (Wildman–Crippen MR) is 194 cm³/mol. The largest absolute Gasteiger partial charge is 2.00 e. The Bertz CT molecular complexity index is 1900. The minimum absolute atomic E-state index is 0. The molecule has 0 heterocycles. The minimum atomic E-state index is -0.146. The van der Waals surface area contributed by atoms with Crippen molar-refractivity contribution in [2.45, 2.75) is 0 Å². The van der Waals surface area contributed by atoms with Gasteiger partial charge in [0.15, 0.2) is 0 Å². The van der Waals surface area contributed by atoms with Crippen LogP contribution in [0.2, 0.25) is 0 Å². The Labute approximate surface area is 322 Å². The molecule has 0 aliphatic carbocycles. The number of benzene rings is 6. The molecule has 228 valence electrons. The van der Waals surface area contributed by atoms with Crippen LogP contribution >= 0.6 is 95.6 Å². The molecule has 0 atom stereocenters. The Morgan fingerprint density at radius 3 is 1.07 bits per heavy atom. The molecule has 6 nitrogen and oxygen atoms in total. The normalized spacial score (nSPS) is 11.2. The van der Waals surface area contributed by atoms with Crippen molar-refractivity contribution in [3.8, 4) is 11.5 Å². The summed E-state index contributed by atoms with van der Waals surface area (Å²) >= 11 is 20.6. The first kappa shape index (κ1) is 36.0. The zero-order chi connectivity index (χ0) is 31.4. The van der Waals surface area contributed by atoms with Crippen molar-refractivity contribution in [2.24, 2.45) is 20.5 Å². The molecule has 0 unspecified atom stereocenters. The maximum absolute atomic E-state index is 12.1. The molecule has 0 aliphatic rings. The molecule has 0 aliphatic heterocycles. The molecule has 0 amide bonds. The molecule has 6 aromatic rings. The molecule has 0 spiro atoms. The van der Waals surface area contributed by atoms with E-state index in [2.05, 4.69) is 116 Å². The fourth-order valence-electron chi connectivity index (χ4n) is 4.14. The molecule has 6 rings (SSSR count). The molecule has 0 bridgehead atoms. The van der Waals surface area contributed by atoms with Gasteiger partial charge in [-0.1, -0.05) is 116 Å². The minimum Gasteiger partial charge on any atom is -0.871 e. The van der Waals surface area contributed by atoms with Crippen LogP contribution in [0.15, 0.2) is 144 Å². The molecule has 0 saturated carbocycles. The molecule has 6 aromatic carbocycles. The third-order valence-electron chi connectivity index (χ3n) is 6.19. The second kappa shape index (κ2) is 16.3. The fraction of sp³-hybridized carbons (Fsp3) is 0. The van der Waals surface area contributed by atoms with E-state index in [0.29, 0.717) is 22.7 Å². The van der Waals surface area contributed by atoms with Crippen molar-refractivity contribution in [1.29, 1.82) is 0 Å². The van der Waals surface area contributed by atoms with E-state index in [1.165, 1.54) is 12.1 Å². The van der Waals surface area contributed by atoms with Gasteiger partial charge in [-0.05, 0) is 98.8 Å². The van der Waals surface area contributed by atoms with Crippen molar-refractivity contribution in [3.63, 3.8) is 0 Å². The maximum atomic E-state index is 12.1. The number of hydrogen-bond donors (Lipinski definition) is 0. The van der Waals surface area contributed by atoms with E-state index in [1.54, 1.807) is 12.1 Å². The van der Waals surface area contributed by atoms with E-state index in [9.17, 15) is 10.2 Å². The van der Waals surface area contributed by atoms with Crippen molar-refractivity contribution in [1.82, 2.24) is 0 Å². The van der Waals surface area contributed by atoms with Crippen molar-refractivity contribution < 1.29 is 30.6 Å². The molecule has 0 aromatic heterocycles. The standard InChI is InChI=1S/2C16H9Br3N2O.Pd/c2*17-10-7-12(18)16(13(19)8-10)21-20-15-11-4-2-1-3-9(11)5-6-14(15)22;/h2*1-8,22H;/q;;+2/p-2. The Balaban J connectivity index is 0.000000200. The summed E-state index contributed by atoms with van der Waals surface area (Å²) in [6.07, 6.45) is 0. The molecule has 0 radical (unpaired) electrons. The summed E-state index contributed by atoms with van der Waals surface area (Å²) in [4.78, 5) is 0. The molecule has 13 heteroatoms. The molecule has 45 heavy (non-hydrogen) atoms. The smallest absolute Gasteiger partial charge is 0.871 e. The number of halogens is 6. The van der Waals surface area contributed by atoms with Gasteiger partial charge in [-0.2, -0.15) is 10.2 Å². The first-order valence-corrected chi connectivity index (χ1v) is 17.4. The van der Waals surface area contributed by atoms with Crippen LogP contribution in [0.5, 0.6) is 11.5 Å². The quantitative estimate of drug-likeness (QED) is 0.130. The van der Waals surface area contributed by atoms with Crippen molar-refractivity contribution in [3.05, 3.63) is 124 Å². The summed E-state index contributed by atoms with van der Waals surface area (Å²) in [5, 5.41) is 44.6. The Morgan fingerprint density at radius 2 is 0.711 bits per heavy atom. The summed E-state index contributed by atoms with van der Waals surface area (Å²) in [6.45, 7) is 0. The first-order valence-electron chi connectivity index (χ1n) is 12.6. The van der Waals surface area contributed by atoms with Gasteiger partial charge in [-0.15, -0.1) is 10.2 Å². The maximum Gasteiger partial charge on any atom is 2.00 e. The number of nitrogens with zero attached hydrogens (tertiary/aromatic N) is 4. The topological polar surface area (TPSA) is 95.6 Å². The van der Waals surface area contributed by atoms with E-state index in [-0.39, 0.29) is 31.9 Å². The molecular formula is C32H16Br6N4O2Pd. The average Bonchev–Trinajstić information content (AvgIpc) is 2.98. The second-order valence-electron chi connectivity index (χ2n) is 9.10. The SMILES string of the molecule is [O-]c1ccc2ccccc2c1N=Nc1c(Br)cc(Br)cc1Br.[O-]c1ccc2ccccc2c1N=Nc1c(Br)cc(Br)cc1Br.[Pd+2]. The third-order valence-corrected chi connectivity index (χ3v) is 9.52. The molecular weight excluding hydrogens is 1060 g/mol. The second-order valence-corrected chi connectivity index (χ2v) is 14.4. The Morgan fingerprint density at radius 1 is 0.400 bits per heavy atom. The fourth-order valence-corrected chi connectivity index (χ4v) is 8.97. The van der Waals surface area contributed by atoms with Gasteiger partial charge in [-0.25, -0.2) is 0 Å². The van der Waals surface area contributed by atoms with Crippen LogP contribution in [0.4, 0.5) is 22.7 Å². The Hall–Kier alpha value is -1.82. The van der Waals surface area contributed by atoms with Gasteiger partial charge in [-0.3, -0.25) is 0 Å². The number of fused-ring (bicyclic) bond motifs is 2. The van der Waals surface area contributed by atoms with Gasteiger partial charge in [0.2, 0.25) is 0 Å². The number of azo groups is 2. The van der Waals surface area contributed by atoms with Crippen LogP contribution in [0.25, 0.3) is 21.5 Å². The predicted octanol–water partition coefficient (Wildman–Crippen LogP) is 13.2. The van der Waals surface area contributed by atoms with Crippen LogP contribution in [-0.4, -0.2) is 0 Å². The Kier molecular flexibility index (Phi) is 13.1. The summed E-state index contributed by atoms with van der Waals surface area (Å²) in [7, 11) is 0. The van der Waals surface area contributed by atoms with Gasteiger partial charge < -0.3 is 10.2 Å². The average molecular weight is 1070 g/mol. The number of hydrogen-bond acceptors (Lipinski definition) is 6. The van der Waals surface area contributed by atoms with E-state index >= 15 is 0 Å². The van der Waals surface area contributed by atoms with E-state index in [0.717, 1.165) is 48.4 Å². The van der Waals surface area contributed by atoms with Crippen LogP contribution in [0, 0.1) is 0 Å². The van der Waals surface area contributed by atoms with Crippen LogP contribution in [-0.2, 0) is 20.4 Å². The van der Waals surface area contributed by atoms with Gasteiger partial charge in [0.05, 0.1) is 11.4 Å². The molecule has 0 fully saturated rings. The number of rotatable bonds is 4. The van der Waals surface area contributed by atoms with Crippen LogP contribution in [0.1, 0.15) is 0 Å². The molecule has 0 N–H and O–H groups in total. The van der Waals surface area contributed by atoms with Crippen molar-refractivity contribution >= 4 is 140 Å². The zero-order valence-electron chi connectivity index (χ0n) is 22.4.